The van der Waals surface area contributed by atoms with Gasteiger partial charge in [0.1, 0.15) is 17.2 Å². The van der Waals surface area contributed by atoms with Gasteiger partial charge in [0.25, 0.3) is 0 Å². The summed E-state index contributed by atoms with van der Waals surface area (Å²) in [6, 6.07) is 3.61. The lowest BCUT2D eigenvalue weighted by molar-refractivity contribution is -0.0930. The number of hydrogen-bond donors (Lipinski definition) is 1. The minimum absolute atomic E-state index is 0.0361. The fourth-order valence-corrected chi connectivity index (χ4v) is 4.73. The molecule has 0 spiro atoms. The molecular formula is C17H22F2N2O2S. The molecule has 1 fully saturated rings. The number of rotatable bonds is 4. The Hall–Kier alpha value is -1.18. The molecule has 0 saturated carbocycles. The quantitative estimate of drug-likeness (QED) is 0.901. The van der Waals surface area contributed by atoms with Crippen LogP contribution in [0.2, 0.25) is 0 Å². The van der Waals surface area contributed by atoms with Crippen molar-refractivity contribution in [3.63, 3.8) is 0 Å². The van der Waals surface area contributed by atoms with Crippen LogP contribution in [0.4, 0.5) is 8.78 Å². The number of fused-ring (bicyclic) bond motifs is 1. The standard InChI is InChI=1S/C17H22F2N2O2S/c1-3-22-8-12-7-14-10(2)24-16(20)21-17(14,9-23-12)13-5-4-11(18)6-15(13)19/h4-6,10,12,14H,3,7-9H2,1-2H3,(H2,20,21)/t10-,12-,14+,17-/m1/s1. The van der Waals surface area contributed by atoms with Crippen molar-refractivity contribution in [1.29, 1.82) is 0 Å². The molecule has 0 radical (unpaired) electrons. The van der Waals surface area contributed by atoms with Gasteiger partial charge >= 0.3 is 0 Å². The summed E-state index contributed by atoms with van der Waals surface area (Å²) in [6.45, 7) is 5.34. The molecule has 24 heavy (non-hydrogen) atoms. The van der Waals surface area contributed by atoms with Crippen LogP contribution in [0.5, 0.6) is 0 Å². The normalized spacial score (nSPS) is 33.0. The lowest BCUT2D eigenvalue weighted by atomic mass is 9.72. The summed E-state index contributed by atoms with van der Waals surface area (Å²) in [5.41, 5.74) is 5.42. The molecule has 2 N–H and O–H groups in total. The largest absolute Gasteiger partial charge is 0.379 e. The SMILES string of the molecule is CCOC[C@H]1C[C@H]2[C@@H](C)SC(N)=N[C@@]2(c2ccc(F)cc2F)CO1. The second-order valence-corrected chi connectivity index (χ2v) is 7.65. The van der Waals surface area contributed by atoms with Gasteiger partial charge in [0, 0.05) is 29.4 Å². The first-order valence-electron chi connectivity index (χ1n) is 8.13. The second kappa shape index (κ2) is 6.98. The number of benzene rings is 1. The zero-order valence-electron chi connectivity index (χ0n) is 13.8. The Morgan fingerprint density at radius 1 is 1.46 bits per heavy atom. The Balaban J connectivity index is 1.99. The third-order valence-corrected chi connectivity index (χ3v) is 5.79. The van der Waals surface area contributed by atoms with Crippen molar-refractivity contribution in [3.05, 3.63) is 35.4 Å². The molecule has 0 unspecified atom stereocenters. The van der Waals surface area contributed by atoms with Crippen LogP contribution in [0, 0.1) is 17.6 Å². The van der Waals surface area contributed by atoms with Crippen LogP contribution in [0.15, 0.2) is 23.2 Å². The zero-order chi connectivity index (χ0) is 17.3. The number of thioether (sulfide) groups is 1. The van der Waals surface area contributed by atoms with E-state index in [0.717, 1.165) is 6.07 Å². The van der Waals surface area contributed by atoms with Gasteiger partial charge < -0.3 is 15.2 Å². The van der Waals surface area contributed by atoms with Gasteiger partial charge in [-0.25, -0.2) is 13.8 Å². The first-order valence-corrected chi connectivity index (χ1v) is 9.01. The molecule has 0 amide bonds. The van der Waals surface area contributed by atoms with E-state index in [1.807, 2.05) is 6.92 Å². The van der Waals surface area contributed by atoms with E-state index in [-0.39, 0.29) is 23.9 Å². The van der Waals surface area contributed by atoms with Crippen molar-refractivity contribution < 1.29 is 18.3 Å². The van der Waals surface area contributed by atoms with Crippen molar-refractivity contribution in [3.8, 4) is 0 Å². The minimum atomic E-state index is -0.907. The monoisotopic (exact) mass is 356 g/mol. The Bertz CT molecular complexity index is 643. The van der Waals surface area contributed by atoms with Crippen LogP contribution in [0.3, 0.4) is 0 Å². The highest BCUT2D eigenvalue weighted by molar-refractivity contribution is 8.14. The second-order valence-electron chi connectivity index (χ2n) is 6.26. The van der Waals surface area contributed by atoms with E-state index in [2.05, 4.69) is 11.9 Å². The molecule has 1 aromatic rings. The van der Waals surface area contributed by atoms with Gasteiger partial charge in [0.2, 0.25) is 0 Å². The Labute approximate surface area is 144 Å². The molecule has 4 nitrogen and oxygen atoms in total. The van der Waals surface area contributed by atoms with E-state index >= 15 is 0 Å². The fraction of sp³-hybridized carbons (Fsp3) is 0.588. The Kier molecular flexibility index (Phi) is 5.13. The summed E-state index contributed by atoms with van der Waals surface area (Å²) in [4.78, 5) is 4.59. The van der Waals surface area contributed by atoms with E-state index in [0.29, 0.717) is 30.4 Å². The van der Waals surface area contributed by atoms with E-state index in [9.17, 15) is 8.78 Å². The lowest BCUT2D eigenvalue weighted by Gasteiger charge is -2.48. The molecule has 1 aromatic carbocycles. The third-order valence-electron chi connectivity index (χ3n) is 4.76. The number of ether oxygens (including phenoxy) is 2. The van der Waals surface area contributed by atoms with E-state index in [4.69, 9.17) is 15.2 Å². The minimum Gasteiger partial charge on any atom is -0.379 e. The molecule has 132 valence electrons. The predicted octanol–water partition coefficient (Wildman–Crippen LogP) is 3.05. The highest BCUT2D eigenvalue weighted by Crippen LogP contribution is 2.49. The van der Waals surface area contributed by atoms with Gasteiger partial charge in [-0.15, -0.1) is 0 Å². The molecular weight excluding hydrogens is 334 g/mol. The predicted molar refractivity (Wildman–Crippen MR) is 91.1 cm³/mol. The maximum atomic E-state index is 14.5. The van der Waals surface area contributed by atoms with Crippen LogP contribution < -0.4 is 5.73 Å². The lowest BCUT2D eigenvalue weighted by Crippen LogP contribution is -2.53. The van der Waals surface area contributed by atoms with Crippen molar-refractivity contribution in [2.24, 2.45) is 16.6 Å². The maximum Gasteiger partial charge on any atom is 0.155 e. The summed E-state index contributed by atoms with van der Waals surface area (Å²) in [5.74, 6) is -1.18. The van der Waals surface area contributed by atoms with Gasteiger partial charge in [-0.3, -0.25) is 0 Å². The summed E-state index contributed by atoms with van der Waals surface area (Å²) in [6.07, 6.45) is 0.644. The van der Waals surface area contributed by atoms with Crippen LogP contribution in [-0.4, -0.2) is 36.3 Å². The van der Waals surface area contributed by atoms with E-state index in [1.165, 1.54) is 23.9 Å². The summed E-state index contributed by atoms with van der Waals surface area (Å²) >= 11 is 1.49. The molecule has 0 aromatic heterocycles. The number of hydrogen-bond acceptors (Lipinski definition) is 5. The zero-order valence-corrected chi connectivity index (χ0v) is 14.6. The first kappa shape index (κ1) is 17.6. The Morgan fingerprint density at radius 2 is 2.25 bits per heavy atom. The molecule has 1 saturated heterocycles. The average Bonchev–Trinajstić information content (AvgIpc) is 2.52. The number of nitrogens with two attached hydrogens (primary N) is 1. The molecule has 0 aliphatic carbocycles. The topological polar surface area (TPSA) is 56.8 Å². The highest BCUT2D eigenvalue weighted by atomic mass is 32.2. The van der Waals surface area contributed by atoms with Crippen molar-refractivity contribution >= 4 is 16.9 Å². The van der Waals surface area contributed by atoms with Crippen LogP contribution in [0.25, 0.3) is 0 Å². The molecule has 2 heterocycles. The van der Waals surface area contributed by atoms with Gasteiger partial charge in [-0.2, -0.15) is 0 Å². The molecule has 2 aliphatic rings. The molecule has 3 rings (SSSR count). The van der Waals surface area contributed by atoms with E-state index < -0.39 is 17.2 Å². The summed E-state index contributed by atoms with van der Waals surface area (Å²) in [5, 5.41) is 0.564. The third kappa shape index (κ3) is 3.17. The molecule has 2 aliphatic heterocycles. The van der Waals surface area contributed by atoms with Crippen molar-refractivity contribution in [2.45, 2.75) is 37.2 Å². The van der Waals surface area contributed by atoms with Crippen LogP contribution >= 0.6 is 11.8 Å². The molecule has 4 atom stereocenters. The van der Waals surface area contributed by atoms with Crippen LogP contribution in [-0.2, 0) is 15.0 Å². The van der Waals surface area contributed by atoms with Gasteiger partial charge in [-0.05, 0) is 19.4 Å². The number of halogens is 2. The fourth-order valence-electron chi connectivity index (χ4n) is 3.63. The highest BCUT2D eigenvalue weighted by Gasteiger charge is 2.52. The van der Waals surface area contributed by atoms with Gasteiger partial charge in [0.15, 0.2) is 5.17 Å². The van der Waals surface area contributed by atoms with Gasteiger partial charge in [0.05, 0.1) is 19.3 Å². The molecule has 0 bridgehead atoms. The Morgan fingerprint density at radius 3 is 2.96 bits per heavy atom. The van der Waals surface area contributed by atoms with Crippen LogP contribution in [0.1, 0.15) is 25.8 Å². The maximum absolute atomic E-state index is 14.5. The number of amidine groups is 1. The smallest absolute Gasteiger partial charge is 0.155 e. The van der Waals surface area contributed by atoms with E-state index in [1.54, 1.807) is 0 Å². The average molecular weight is 356 g/mol. The summed E-state index contributed by atoms with van der Waals surface area (Å²) in [7, 11) is 0. The molecule has 7 heteroatoms. The number of nitrogens with zero attached hydrogens (tertiary/aromatic N) is 1. The van der Waals surface area contributed by atoms with Crippen molar-refractivity contribution in [1.82, 2.24) is 0 Å². The first-order chi connectivity index (χ1) is 11.5. The number of aliphatic imine (C=N–C) groups is 1. The van der Waals surface area contributed by atoms with Crippen molar-refractivity contribution in [2.75, 3.05) is 19.8 Å². The summed E-state index contributed by atoms with van der Waals surface area (Å²) < 4.78 is 39.3. The van der Waals surface area contributed by atoms with Gasteiger partial charge in [-0.1, -0.05) is 24.8 Å².